The maximum absolute atomic E-state index is 13.6. The number of hydrogen-bond donors (Lipinski definition) is 1. The molecule has 1 aromatic carbocycles. The fourth-order valence-electron chi connectivity index (χ4n) is 3.21. The highest BCUT2D eigenvalue weighted by atomic mass is 19.1. The number of halogens is 1. The van der Waals surface area contributed by atoms with Crippen molar-refractivity contribution in [3.63, 3.8) is 0 Å². The third-order valence-corrected chi connectivity index (χ3v) is 4.57. The van der Waals surface area contributed by atoms with Gasteiger partial charge >= 0.3 is 0 Å². The Balaban J connectivity index is 1.42. The molecule has 5 nitrogen and oxygen atoms in total. The van der Waals surface area contributed by atoms with Gasteiger partial charge in [0.1, 0.15) is 23.7 Å². The Morgan fingerprint density at radius 1 is 1.30 bits per heavy atom. The quantitative estimate of drug-likeness (QED) is 0.921. The first kappa shape index (κ1) is 14.6. The molecule has 23 heavy (non-hydrogen) atoms. The molecule has 0 bridgehead atoms. The van der Waals surface area contributed by atoms with E-state index >= 15 is 0 Å². The fraction of sp³-hybridized carbons (Fsp3) is 0.529. The lowest BCUT2D eigenvalue weighted by Crippen LogP contribution is -2.25. The molecule has 2 aliphatic rings. The van der Waals surface area contributed by atoms with Crippen LogP contribution in [-0.4, -0.2) is 27.9 Å². The molecule has 0 radical (unpaired) electrons. The molecule has 1 aromatic heterocycles. The predicted molar refractivity (Wildman–Crippen MR) is 83.9 cm³/mol. The summed E-state index contributed by atoms with van der Waals surface area (Å²) in [6.07, 6.45) is 6.17. The second-order valence-corrected chi connectivity index (χ2v) is 6.34. The Morgan fingerprint density at radius 2 is 2.22 bits per heavy atom. The zero-order chi connectivity index (χ0) is 15.6. The van der Waals surface area contributed by atoms with Crippen molar-refractivity contribution >= 4 is 0 Å². The minimum absolute atomic E-state index is 0.129. The summed E-state index contributed by atoms with van der Waals surface area (Å²) in [7, 11) is 0. The molecule has 0 spiro atoms. The van der Waals surface area contributed by atoms with Crippen LogP contribution in [0.15, 0.2) is 24.5 Å². The molecule has 1 aliphatic carbocycles. The largest absolute Gasteiger partial charge is 0.493 e. The van der Waals surface area contributed by atoms with Gasteiger partial charge in [0.05, 0.1) is 6.61 Å². The van der Waals surface area contributed by atoms with E-state index in [2.05, 4.69) is 20.1 Å². The highest BCUT2D eigenvalue weighted by Gasteiger charge is 2.28. The Kier molecular flexibility index (Phi) is 3.99. The number of hydrogen-bond acceptors (Lipinski definition) is 4. The molecular weight excluding hydrogens is 295 g/mol. The molecular formula is C17H21FN4O. The van der Waals surface area contributed by atoms with E-state index in [1.54, 1.807) is 18.5 Å². The zero-order valence-electron chi connectivity index (χ0n) is 13.0. The zero-order valence-corrected chi connectivity index (χ0v) is 13.0. The van der Waals surface area contributed by atoms with Gasteiger partial charge in [-0.2, -0.15) is 0 Å². The normalized spacial score (nSPS) is 20.7. The number of aromatic nitrogens is 3. The molecule has 1 fully saturated rings. The standard InChI is InChI=1S/C17H21FN4O/c18-13-5-6-16-14(10-13)15(2-1-9-23-16)19-7-8-22-11-20-21-17(22)12-3-4-12/h5-6,10-12,15,19H,1-4,7-9H2. The molecule has 1 unspecified atom stereocenters. The van der Waals surface area contributed by atoms with E-state index in [1.165, 1.54) is 18.9 Å². The molecule has 1 N–H and O–H groups in total. The third-order valence-electron chi connectivity index (χ3n) is 4.57. The highest BCUT2D eigenvalue weighted by Crippen LogP contribution is 2.38. The first-order chi connectivity index (χ1) is 11.3. The summed E-state index contributed by atoms with van der Waals surface area (Å²) < 4.78 is 21.4. The van der Waals surface area contributed by atoms with Crippen LogP contribution in [-0.2, 0) is 6.54 Å². The number of ether oxygens (including phenoxy) is 1. The fourth-order valence-corrected chi connectivity index (χ4v) is 3.21. The van der Waals surface area contributed by atoms with Gasteiger partial charge in [-0.1, -0.05) is 0 Å². The van der Waals surface area contributed by atoms with Gasteiger partial charge in [-0.25, -0.2) is 4.39 Å². The van der Waals surface area contributed by atoms with Crippen LogP contribution in [0.1, 0.15) is 49.0 Å². The van der Waals surface area contributed by atoms with Crippen molar-refractivity contribution in [3.8, 4) is 5.75 Å². The topological polar surface area (TPSA) is 52.0 Å². The minimum Gasteiger partial charge on any atom is -0.493 e. The summed E-state index contributed by atoms with van der Waals surface area (Å²) in [6.45, 7) is 2.33. The molecule has 122 valence electrons. The maximum Gasteiger partial charge on any atom is 0.135 e. The Hall–Kier alpha value is -1.95. The van der Waals surface area contributed by atoms with Crippen LogP contribution in [0.4, 0.5) is 4.39 Å². The van der Waals surface area contributed by atoms with Crippen LogP contribution in [0, 0.1) is 5.82 Å². The minimum atomic E-state index is -0.212. The number of benzene rings is 1. The molecule has 2 heterocycles. The van der Waals surface area contributed by atoms with Gasteiger partial charge in [-0.15, -0.1) is 10.2 Å². The number of nitrogens with one attached hydrogen (secondary N) is 1. The van der Waals surface area contributed by atoms with Crippen LogP contribution in [0.25, 0.3) is 0 Å². The molecule has 1 atom stereocenters. The average molecular weight is 316 g/mol. The molecule has 1 aliphatic heterocycles. The monoisotopic (exact) mass is 316 g/mol. The summed E-state index contributed by atoms with van der Waals surface area (Å²) in [5.74, 6) is 2.28. The number of rotatable bonds is 5. The van der Waals surface area contributed by atoms with Crippen LogP contribution in [0.5, 0.6) is 5.75 Å². The van der Waals surface area contributed by atoms with Crippen LogP contribution < -0.4 is 10.1 Å². The van der Waals surface area contributed by atoms with E-state index in [4.69, 9.17) is 4.74 Å². The first-order valence-electron chi connectivity index (χ1n) is 8.34. The van der Waals surface area contributed by atoms with E-state index in [0.717, 1.165) is 43.1 Å². The lowest BCUT2D eigenvalue weighted by Gasteiger charge is -2.19. The van der Waals surface area contributed by atoms with Gasteiger partial charge < -0.3 is 14.6 Å². The van der Waals surface area contributed by atoms with Crippen molar-refractivity contribution in [3.05, 3.63) is 41.7 Å². The van der Waals surface area contributed by atoms with E-state index in [0.29, 0.717) is 12.5 Å². The highest BCUT2D eigenvalue weighted by molar-refractivity contribution is 5.37. The summed E-state index contributed by atoms with van der Waals surface area (Å²) in [5.41, 5.74) is 0.925. The SMILES string of the molecule is Fc1ccc2c(c1)C(NCCn1cnnc1C1CC1)CCCO2. The summed E-state index contributed by atoms with van der Waals surface area (Å²) in [5, 5.41) is 11.8. The van der Waals surface area contributed by atoms with Crippen molar-refractivity contribution in [2.45, 2.75) is 44.2 Å². The van der Waals surface area contributed by atoms with Crippen LogP contribution in [0.3, 0.4) is 0 Å². The van der Waals surface area contributed by atoms with E-state index in [1.807, 2.05) is 0 Å². The lowest BCUT2D eigenvalue weighted by atomic mass is 10.0. The molecule has 2 aromatic rings. The van der Waals surface area contributed by atoms with E-state index in [-0.39, 0.29) is 11.9 Å². The van der Waals surface area contributed by atoms with Crippen molar-refractivity contribution in [2.75, 3.05) is 13.2 Å². The van der Waals surface area contributed by atoms with Crippen molar-refractivity contribution in [1.82, 2.24) is 20.1 Å². The second kappa shape index (κ2) is 6.28. The van der Waals surface area contributed by atoms with Gasteiger partial charge in [-0.3, -0.25) is 0 Å². The Morgan fingerprint density at radius 3 is 3.09 bits per heavy atom. The summed E-state index contributed by atoms with van der Waals surface area (Å²) in [6, 6.07) is 4.91. The van der Waals surface area contributed by atoms with Crippen molar-refractivity contribution < 1.29 is 9.13 Å². The van der Waals surface area contributed by atoms with Gasteiger partial charge in [0, 0.05) is 30.6 Å². The lowest BCUT2D eigenvalue weighted by molar-refractivity contribution is 0.314. The molecule has 4 rings (SSSR count). The van der Waals surface area contributed by atoms with Crippen molar-refractivity contribution in [1.29, 1.82) is 0 Å². The first-order valence-corrected chi connectivity index (χ1v) is 8.34. The molecule has 0 amide bonds. The molecule has 0 saturated heterocycles. The van der Waals surface area contributed by atoms with Gasteiger partial charge in [-0.05, 0) is 43.9 Å². The third kappa shape index (κ3) is 3.22. The second-order valence-electron chi connectivity index (χ2n) is 6.34. The Labute approximate surface area is 134 Å². The van der Waals surface area contributed by atoms with E-state index < -0.39 is 0 Å². The average Bonchev–Trinajstić information content (AvgIpc) is 3.32. The Bertz CT molecular complexity index is 683. The molecule has 1 saturated carbocycles. The van der Waals surface area contributed by atoms with Gasteiger partial charge in [0.2, 0.25) is 0 Å². The number of nitrogens with zero attached hydrogens (tertiary/aromatic N) is 3. The van der Waals surface area contributed by atoms with Crippen molar-refractivity contribution in [2.24, 2.45) is 0 Å². The van der Waals surface area contributed by atoms with E-state index in [9.17, 15) is 4.39 Å². The van der Waals surface area contributed by atoms with Gasteiger partial charge in [0.15, 0.2) is 0 Å². The predicted octanol–water partition coefficient (Wildman–Crippen LogP) is 2.80. The van der Waals surface area contributed by atoms with Crippen LogP contribution in [0.2, 0.25) is 0 Å². The number of fused-ring (bicyclic) bond motifs is 1. The molecule has 6 heteroatoms. The summed E-state index contributed by atoms with van der Waals surface area (Å²) in [4.78, 5) is 0. The van der Waals surface area contributed by atoms with Gasteiger partial charge in [0.25, 0.3) is 0 Å². The summed E-state index contributed by atoms with van der Waals surface area (Å²) >= 11 is 0. The maximum atomic E-state index is 13.6. The van der Waals surface area contributed by atoms with Crippen LogP contribution >= 0.6 is 0 Å². The smallest absolute Gasteiger partial charge is 0.135 e.